The molecule has 2 aromatic heterocycles. The van der Waals surface area contributed by atoms with E-state index in [0.717, 1.165) is 34.9 Å². The number of fused-ring (bicyclic) bond motifs is 1. The molecule has 0 aliphatic carbocycles. The molecule has 1 aliphatic heterocycles. The van der Waals surface area contributed by atoms with Gasteiger partial charge in [-0.2, -0.15) is 0 Å². The summed E-state index contributed by atoms with van der Waals surface area (Å²) in [5, 5.41) is 3.85. The number of H-pyrrole nitrogens is 1. The van der Waals surface area contributed by atoms with Crippen molar-refractivity contribution in [2.24, 2.45) is 0 Å². The summed E-state index contributed by atoms with van der Waals surface area (Å²) in [4.78, 5) is 20.9. The Morgan fingerprint density at radius 2 is 1.68 bits per heavy atom. The number of benzene rings is 2. The minimum Gasteiger partial charge on any atom is -0.381 e. The average molecular weight is 533 g/mol. The second kappa shape index (κ2) is 10.2. The summed E-state index contributed by atoms with van der Waals surface area (Å²) >= 11 is 0. The Hall–Kier alpha value is -3.69. The van der Waals surface area contributed by atoms with Gasteiger partial charge >= 0.3 is 0 Å². The van der Waals surface area contributed by atoms with Gasteiger partial charge < -0.3 is 15.0 Å². The Morgan fingerprint density at radius 3 is 2.34 bits per heavy atom. The minimum absolute atomic E-state index is 0.0417. The lowest BCUT2D eigenvalue weighted by Crippen LogP contribution is -2.39. The van der Waals surface area contributed by atoms with Gasteiger partial charge in [0.25, 0.3) is 15.9 Å². The summed E-state index contributed by atoms with van der Waals surface area (Å²) in [7, 11) is -3.81. The summed E-state index contributed by atoms with van der Waals surface area (Å²) in [5.41, 5.74) is 4.04. The maximum atomic E-state index is 13.4. The number of amides is 1. The van der Waals surface area contributed by atoms with Gasteiger partial charge in [-0.15, -0.1) is 0 Å². The molecule has 0 saturated carbocycles. The van der Waals surface area contributed by atoms with Gasteiger partial charge in [-0.1, -0.05) is 32.9 Å². The molecule has 0 bridgehead atoms. The van der Waals surface area contributed by atoms with Gasteiger partial charge in [0.2, 0.25) is 0 Å². The third-order valence-electron chi connectivity index (χ3n) is 6.83. The highest BCUT2D eigenvalue weighted by atomic mass is 32.2. The second-order valence-corrected chi connectivity index (χ2v) is 12.3. The van der Waals surface area contributed by atoms with Crippen LogP contribution in [0, 0.1) is 0 Å². The number of nitrogens with one attached hydrogen (secondary N) is 3. The average Bonchev–Trinajstić information content (AvgIpc) is 3.28. The van der Waals surface area contributed by atoms with Crippen LogP contribution in [0.1, 0.15) is 49.7 Å². The van der Waals surface area contributed by atoms with E-state index in [9.17, 15) is 13.2 Å². The largest absolute Gasteiger partial charge is 0.381 e. The molecule has 3 heterocycles. The van der Waals surface area contributed by atoms with Gasteiger partial charge in [0.05, 0.1) is 4.90 Å². The topological polar surface area (TPSA) is 113 Å². The first-order valence-electron chi connectivity index (χ1n) is 12.7. The molecule has 0 atom stereocenters. The van der Waals surface area contributed by atoms with E-state index in [1.807, 2.05) is 24.3 Å². The minimum atomic E-state index is -3.81. The quantitative estimate of drug-likeness (QED) is 0.314. The highest BCUT2D eigenvalue weighted by Gasteiger charge is 2.24. The molecule has 5 rings (SSSR count). The van der Waals surface area contributed by atoms with E-state index in [4.69, 9.17) is 4.74 Å². The smallest absolute Gasteiger partial charge is 0.268 e. The summed E-state index contributed by atoms with van der Waals surface area (Å²) in [6, 6.07) is 15.9. The molecule has 198 valence electrons. The van der Waals surface area contributed by atoms with Crippen LogP contribution in [0.2, 0.25) is 0 Å². The van der Waals surface area contributed by atoms with E-state index in [2.05, 4.69) is 40.8 Å². The Kier molecular flexibility index (Phi) is 6.98. The first-order chi connectivity index (χ1) is 18.1. The summed E-state index contributed by atoms with van der Waals surface area (Å²) < 4.78 is 34.5. The number of anilines is 1. The number of sulfonamides is 1. The van der Waals surface area contributed by atoms with Crippen molar-refractivity contribution in [3.05, 3.63) is 78.2 Å². The third-order valence-corrected chi connectivity index (χ3v) is 8.23. The molecule has 3 N–H and O–H groups in total. The van der Waals surface area contributed by atoms with Crippen molar-refractivity contribution >= 4 is 32.5 Å². The zero-order valence-corrected chi connectivity index (χ0v) is 22.6. The van der Waals surface area contributed by atoms with Crippen molar-refractivity contribution in [2.75, 3.05) is 17.9 Å². The predicted molar refractivity (Wildman–Crippen MR) is 149 cm³/mol. The van der Waals surface area contributed by atoms with E-state index >= 15 is 0 Å². The lowest BCUT2D eigenvalue weighted by molar-refractivity contribution is 0.0695. The van der Waals surface area contributed by atoms with Crippen LogP contribution in [0.5, 0.6) is 0 Å². The van der Waals surface area contributed by atoms with Gasteiger partial charge in [0.15, 0.2) is 0 Å². The van der Waals surface area contributed by atoms with Gasteiger partial charge in [-0.25, -0.2) is 8.42 Å². The standard InChI is InChI=1S/C29H32N4O4S/c1-29(2,3)20-4-7-23(8-5-20)38(35,36)33-22-6-9-25-24(18-22)26(19-10-14-30-15-11-19)27(32-25)28(34)31-21-12-16-37-17-13-21/h4-11,14-15,18,21,32-33H,12-13,16-17H2,1-3H3,(H,31,34). The zero-order chi connectivity index (χ0) is 26.9. The molecule has 1 fully saturated rings. The maximum Gasteiger partial charge on any atom is 0.268 e. The number of pyridine rings is 1. The van der Waals surface area contributed by atoms with Crippen molar-refractivity contribution in [3.63, 3.8) is 0 Å². The first-order valence-corrected chi connectivity index (χ1v) is 14.2. The lowest BCUT2D eigenvalue weighted by atomic mass is 9.87. The van der Waals surface area contributed by atoms with E-state index in [-0.39, 0.29) is 22.3 Å². The van der Waals surface area contributed by atoms with Gasteiger partial charge in [-0.3, -0.25) is 14.5 Å². The molecule has 38 heavy (non-hydrogen) atoms. The van der Waals surface area contributed by atoms with Gasteiger partial charge in [0.1, 0.15) is 5.69 Å². The Bertz CT molecular complexity index is 1550. The van der Waals surface area contributed by atoms with Gasteiger partial charge in [0, 0.05) is 53.8 Å². The highest BCUT2D eigenvalue weighted by Crippen LogP contribution is 2.35. The molecule has 9 heteroatoms. The van der Waals surface area contributed by atoms with Crippen LogP contribution >= 0.6 is 0 Å². The predicted octanol–water partition coefficient (Wildman–Crippen LogP) is 5.24. The molecule has 1 aliphatic rings. The molecule has 1 saturated heterocycles. The molecule has 1 amide bonds. The number of ether oxygens (including phenoxy) is 1. The highest BCUT2D eigenvalue weighted by molar-refractivity contribution is 7.92. The van der Waals surface area contributed by atoms with Crippen LogP contribution in [-0.2, 0) is 20.2 Å². The molecule has 4 aromatic rings. The number of aromatic nitrogens is 2. The van der Waals surface area contributed by atoms with Crippen LogP contribution < -0.4 is 10.0 Å². The van der Waals surface area contributed by atoms with Gasteiger partial charge in [-0.05, 0) is 71.8 Å². The van der Waals surface area contributed by atoms with Crippen LogP contribution in [0.25, 0.3) is 22.0 Å². The fourth-order valence-corrected chi connectivity index (χ4v) is 5.74. The summed E-state index contributed by atoms with van der Waals surface area (Å²) in [6.07, 6.45) is 4.86. The van der Waals surface area contributed by atoms with E-state index in [1.54, 1.807) is 42.7 Å². The molecular formula is C29H32N4O4S. The first kappa shape index (κ1) is 25.9. The van der Waals surface area contributed by atoms with Crippen molar-refractivity contribution in [2.45, 2.75) is 50.0 Å². The molecule has 8 nitrogen and oxygen atoms in total. The van der Waals surface area contributed by atoms with Crippen molar-refractivity contribution < 1.29 is 17.9 Å². The van der Waals surface area contributed by atoms with E-state index in [0.29, 0.717) is 30.2 Å². The normalized spacial score (nSPS) is 14.9. The second-order valence-electron chi connectivity index (χ2n) is 10.6. The summed E-state index contributed by atoms with van der Waals surface area (Å²) in [5.74, 6) is -0.207. The fourth-order valence-electron chi connectivity index (χ4n) is 4.69. The van der Waals surface area contributed by atoms with Crippen LogP contribution in [-0.4, -0.2) is 43.5 Å². The van der Waals surface area contributed by atoms with Crippen LogP contribution in [0.3, 0.4) is 0 Å². The Balaban J connectivity index is 1.50. The van der Waals surface area contributed by atoms with Crippen molar-refractivity contribution in [3.8, 4) is 11.1 Å². The van der Waals surface area contributed by atoms with Crippen LogP contribution in [0.4, 0.5) is 5.69 Å². The molecule has 0 radical (unpaired) electrons. The monoisotopic (exact) mass is 532 g/mol. The summed E-state index contributed by atoms with van der Waals surface area (Å²) in [6.45, 7) is 7.49. The SMILES string of the molecule is CC(C)(C)c1ccc(S(=O)(=O)Nc2ccc3[nH]c(C(=O)NC4CCOCC4)c(-c4ccncc4)c3c2)cc1. The van der Waals surface area contributed by atoms with Crippen molar-refractivity contribution in [1.82, 2.24) is 15.3 Å². The van der Waals surface area contributed by atoms with Crippen molar-refractivity contribution in [1.29, 1.82) is 0 Å². The number of hydrogen-bond acceptors (Lipinski definition) is 5. The molecular weight excluding hydrogens is 500 g/mol. The number of carbonyl (C=O) groups excluding carboxylic acids is 1. The fraction of sp³-hybridized carbons (Fsp3) is 0.310. The number of carbonyl (C=O) groups is 1. The zero-order valence-electron chi connectivity index (χ0n) is 21.7. The lowest BCUT2D eigenvalue weighted by Gasteiger charge is -2.23. The van der Waals surface area contributed by atoms with E-state index < -0.39 is 10.0 Å². The number of aromatic amines is 1. The molecule has 0 spiro atoms. The Labute approximate surface area is 222 Å². The molecule has 2 aromatic carbocycles. The number of hydrogen-bond donors (Lipinski definition) is 3. The van der Waals surface area contributed by atoms with E-state index in [1.165, 1.54) is 0 Å². The third kappa shape index (κ3) is 5.44. The number of nitrogens with zero attached hydrogens (tertiary/aromatic N) is 1. The molecule has 0 unspecified atom stereocenters. The maximum absolute atomic E-state index is 13.4. The Morgan fingerprint density at radius 1 is 1.00 bits per heavy atom. The number of rotatable bonds is 6. The van der Waals surface area contributed by atoms with Crippen LogP contribution in [0.15, 0.2) is 71.9 Å².